The van der Waals surface area contributed by atoms with Crippen molar-refractivity contribution in [2.24, 2.45) is 4.74 Å². The van der Waals surface area contributed by atoms with Crippen molar-refractivity contribution in [2.45, 2.75) is 46.7 Å². The van der Waals surface area contributed by atoms with Gasteiger partial charge in [-0.1, -0.05) is 39.0 Å². The molecule has 0 fully saturated rings. The number of aryl methyl sites for hydroxylation is 1. The van der Waals surface area contributed by atoms with Crippen molar-refractivity contribution in [3.8, 4) is 5.75 Å². The minimum Gasteiger partial charge on any atom is -0.457 e. The van der Waals surface area contributed by atoms with Crippen LogP contribution in [0.1, 0.15) is 40.4 Å². The predicted molar refractivity (Wildman–Crippen MR) is 136 cm³/mol. The average Bonchev–Trinajstić information content (AvgIpc) is 3.20. The quantitative estimate of drug-likeness (QED) is 0.196. The molecule has 0 saturated carbocycles. The molecule has 2 aromatic carbocycles. The summed E-state index contributed by atoms with van der Waals surface area (Å²) in [4.78, 5) is 13.6. The summed E-state index contributed by atoms with van der Waals surface area (Å²) in [7, 11) is -2.95. The molecular formula is C25H32N3O4P. The molecule has 0 bridgehead atoms. The molecule has 33 heavy (non-hydrogen) atoms. The zero-order chi connectivity index (χ0) is 24.2. The number of hydrogen-bond donors (Lipinski definition) is 0. The number of para-hydroxylation sites is 1. The minimum atomic E-state index is -2.95. The van der Waals surface area contributed by atoms with E-state index in [9.17, 15) is 10.1 Å². The molecule has 1 heterocycles. The molecule has 3 aromatic rings. The molecule has 0 amide bonds. The molecule has 8 heteroatoms. The minimum absolute atomic E-state index is 0.0603. The van der Waals surface area contributed by atoms with Crippen LogP contribution in [0.2, 0.25) is 0 Å². The first-order valence-electron chi connectivity index (χ1n) is 11.1. The molecule has 0 spiro atoms. The van der Waals surface area contributed by atoms with Gasteiger partial charge in [0.25, 0.3) is 5.69 Å². The third kappa shape index (κ3) is 5.14. The molecule has 0 aliphatic heterocycles. The number of furan rings is 1. The molecule has 176 valence electrons. The van der Waals surface area contributed by atoms with Gasteiger partial charge in [-0.05, 0) is 51.1 Å². The summed E-state index contributed by atoms with van der Waals surface area (Å²) in [5, 5.41) is 11.2. The number of nitro benzene ring substituents is 1. The van der Waals surface area contributed by atoms with Gasteiger partial charge >= 0.3 is 0 Å². The summed E-state index contributed by atoms with van der Waals surface area (Å²) >= 11 is 0. The molecule has 0 saturated heterocycles. The van der Waals surface area contributed by atoms with Crippen LogP contribution in [0, 0.1) is 17.0 Å². The van der Waals surface area contributed by atoms with Crippen molar-refractivity contribution >= 4 is 29.8 Å². The van der Waals surface area contributed by atoms with Crippen LogP contribution in [0.5, 0.6) is 5.75 Å². The van der Waals surface area contributed by atoms with E-state index in [-0.39, 0.29) is 11.4 Å². The Bertz CT molecular complexity index is 1180. The van der Waals surface area contributed by atoms with Crippen molar-refractivity contribution in [1.82, 2.24) is 0 Å². The summed E-state index contributed by atoms with van der Waals surface area (Å²) in [5.74, 6) is 1.39. The summed E-state index contributed by atoms with van der Waals surface area (Å²) < 4.78 is 17.9. The number of nitrogens with zero attached hydrogens (tertiary/aromatic N) is 3. The lowest BCUT2D eigenvalue weighted by molar-refractivity contribution is -0.384. The van der Waals surface area contributed by atoms with E-state index in [0.717, 1.165) is 24.5 Å². The summed E-state index contributed by atoms with van der Waals surface area (Å²) in [5.41, 5.74) is 1.86. The van der Waals surface area contributed by atoms with Crippen molar-refractivity contribution in [3.63, 3.8) is 0 Å². The van der Waals surface area contributed by atoms with Gasteiger partial charge in [0.2, 0.25) is 7.28 Å². The molecule has 3 rings (SSSR count). The monoisotopic (exact) mass is 469 g/mol. The molecule has 1 unspecified atom stereocenters. The second kappa shape index (κ2) is 9.84. The standard InChI is InChI=1S/C25H32N3O4P/c1-7-27(8-2)20-12-11-13-21(18-20)32-33(25(4,5)6,24-17-16-19(3)31-24)26-22-14-9-10-15-23(22)28(29)30/h9-18H,7-8H2,1-6H3. The second-order valence-corrected chi connectivity index (χ2v) is 12.1. The SMILES string of the molecule is CCN(CC)c1cccc(OP(=Nc2ccccc2[N+](=O)[O-])(c2ccc(C)o2)C(C)(C)C)c1. The van der Waals surface area contributed by atoms with Crippen LogP contribution in [0.15, 0.2) is 69.8 Å². The lowest BCUT2D eigenvalue weighted by atomic mass is 10.2. The van der Waals surface area contributed by atoms with E-state index in [1.54, 1.807) is 18.2 Å². The van der Waals surface area contributed by atoms with Gasteiger partial charge in [-0.2, -0.15) is 0 Å². The van der Waals surface area contributed by atoms with Gasteiger partial charge in [-0.25, -0.2) is 4.74 Å². The number of hydrogen-bond acceptors (Lipinski definition) is 6. The molecular weight excluding hydrogens is 437 g/mol. The Morgan fingerprint density at radius 3 is 2.33 bits per heavy atom. The smallest absolute Gasteiger partial charge is 0.294 e. The Hall–Kier alpha value is -3.05. The van der Waals surface area contributed by atoms with Crippen molar-refractivity contribution in [3.05, 3.63) is 76.5 Å². The maximum atomic E-state index is 11.7. The number of benzene rings is 2. The lowest BCUT2D eigenvalue weighted by Gasteiger charge is -2.35. The van der Waals surface area contributed by atoms with Crippen LogP contribution in [0.4, 0.5) is 17.1 Å². The third-order valence-electron chi connectivity index (χ3n) is 5.44. The van der Waals surface area contributed by atoms with E-state index in [0.29, 0.717) is 11.3 Å². The van der Waals surface area contributed by atoms with E-state index >= 15 is 0 Å². The van der Waals surface area contributed by atoms with E-state index < -0.39 is 17.4 Å². The lowest BCUT2D eigenvalue weighted by Crippen LogP contribution is -2.26. The van der Waals surface area contributed by atoms with Gasteiger partial charge in [0, 0.05) is 36.1 Å². The number of nitro groups is 1. The average molecular weight is 470 g/mol. The van der Waals surface area contributed by atoms with E-state index in [2.05, 4.69) is 18.7 Å². The number of anilines is 1. The Kier molecular flexibility index (Phi) is 7.33. The third-order valence-corrected chi connectivity index (χ3v) is 9.07. The zero-order valence-electron chi connectivity index (χ0n) is 20.1. The molecule has 1 aromatic heterocycles. The van der Waals surface area contributed by atoms with Crippen molar-refractivity contribution in [2.75, 3.05) is 18.0 Å². The van der Waals surface area contributed by atoms with Gasteiger partial charge in [-0.15, -0.1) is 0 Å². The van der Waals surface area contributed by atoms with Crippen LogP contribution >= 0.6 is 7.28 Å². The highest BCUT2D eigenvalue weighted by Gasteiger charge is 2.42. The second-order valence-electron chi connectivity index (χ2n) is 8.74. The van der Waals surface area contributed by atoms with E-state index in [4.69, 9.17) is 13.7 Å². The topological polar surface area (TPSA) is 81.1 Å². The Morgan fingerprint density at radius 1 is 1.06 bits per heavy atom. The highest BCUT2D eigenvalue weighted by atomic mass is 31.2. The first kappa shape index (κ1) is 24.6. The fourth-order valence-corrected chi connectivity index (χ4v) is 6.55. The molecule has 7 nitrogen and oxygen atoms in total. The van der Waals surface area contributed by atoms with E-state index in [1.807, 2.05) is 64.1 Å². The Morgan fingerprint density at radius 2 is 1.76 bits per heavy atom. The summed E-state index contributed by atoms with van der Waals surface area (Å²) in [6.45, 7) is 13.9. The Labute approximate surface area is 195 Å². The maximum absolute atomic E-state index is 11.7. The van der Waals surface area contributed by atoms with Gasteiger partial charge in [0.05, 0.1) is 4.92 Å². The largest absolute Gasteiger partial charge is 0.457 e. The first-order chi connectivity index (χ1) is 15.6. The van der Waals surface area contributed by atoms with Crippen LogP contribution in [-0.2, 0) is 0 Å². The normalized spacial score (nSPS) is 13.3. The molecule has 0 N–H and O–H groups in total. The van der Waals surface area contributed by atoms with Crippen LogP contribution < -0.4 is 14.9 Å². The zero-order valence-corrected chi connectivity index (χ0v) is 21.0. The van der Waals surface area contributed by atoms with Crippen LogP contribution in [0.25, 0.3) is 0 Å². The molecule has 0 aliphatic carbocycles. The van der Waals surface area contributed by atoms with Gasteiger partial charge < -0.3 is 13.8 Å². The highest BCUT2D eigenvalue weighted by Crippen LogP contribution is 2.62. The van der Waals surface area contributed by atoms with E-state index in [1.165, 1.54) is 6.07 Å². The fourth-order valence-electron chi connectivity index (χ4n) is 3.65. The molecule has 0 radical (unpaired) electrons. The molecule has 0 aliphatic rings. The van der Waals surface area contributed by atoms with Gasteiger partial charge in [-0.3, -0.25) is 10.1 Å². The van der Waals surface area contributed by atoms with Crippen molar-refractivity contribution in [1.29, 1.82) is 0 Å². The van der Waals surface area contributed by atoms with Gasteiger partial charge in [0.15, 0.2) is 5.50 Å². The van der Waals surface area contributed by atoms with Crippen LogP contribution in [-0.4, -0.2) is 23.2 Å². The van der Waals surface area contributed by atoms with Gasteiger partial charge in [0.1, 0.15) is 17.2 Å². The molecule has 1 atom stereocenters. The maximum Gasteiger partial charge on any atom is 0.294 e. The summed E-state index contributed by atoms with van der Waals surface area (Å²) in [6, 6.07) is 18.2. The fraction of sp³-hybridized carbons (Fsp3) is 0.360. The first-order valence-corrected chi connectivity index (χ1v) is 12.7. The highest BCUT2D eigenvalue weighted by molar-refractivity contribution is 7.70. The van der Waals surface area contributed by atoms with Crippen LogP contribution in [0.3, 0.4) is 0 Å². The summed E-state index contributed by atoms with van der Waals surface area (Å²) in [6.07, 6.45) is 0. The number of rotatable bonds is 8. The van der Waals surface area contributed by atoms with Crippen molar-refractivity contribution < 1.29 is 13.9 Å². The predicted octanol–water partition coefficient (Wildman–Crippen LogP) is 7.29. The Balaban J connectivity index is 2.29.